The zero-order chi connectivity index (χ0) is 21.6. The molecule has 154 valence electrons. The van der Waals surface area contributed by atoms with Crippen molar-refractivity contribution in [2.45, 2.75) is 19.9 Å². The van der Waals surface area contributed by atoms with E-state index in [1.54, 1.807) is 12.4 Å². The van der Waals surface area contributed by atoms with E-state index in [1.807, 2.05) is 54.9 Å². The van der Waals surface area contributed by atoms with Crippen LogP contribution in [0.3, 0.4) is 0 Å². The van der Waals surface area contributed by atoms with Gasteiger partial charge in [-0.3, -0.25) is 14.8 Å². The fourth-order valence-electron chi connectivity index (χ4n) is 3.79. The second-order valence-electron chi connectivity index (χ2n) is 7.31. The van der Waals surface area contributed by atoms with Crippen LogP contribution in [0.15, 0.2) is 97.6 Å². The Hall–Kier alpha value is -3.99. The Kier molecular flexibility index (Phi) is 6.03. The summed E-state index contributed by atoms with van der Waals surface area (Å²) in [5, 5.41) is 2.82. The normalized spacial score (nSPS) is 11.5. The van der Waals surface area contributed by atoms with Crippen molar-refractivity contribution in [1.29, 1.82) is 0 Å². The van der Waals surface area contributed by atoms with E-state index in [1.165, 1.54) is 12.5 Å². The highest BCUT2D eigenvalue weighted by molar-refractivity contribution is 5.89. The number of aromatic nitrogens is 2. The maximum Gasteiger partial charge on any atom is 0.221 e. The van der Waals surface area contributed by atoms with Crippen molar-refractivity contribution in [3.8, 4) is 11.1 Å². The molecule has 2 aromatic carbocycles. The smallest absolute Gasteiger partial charge is 0.221 e. The van der Waals surface area contributed by atoms with Gasteiger partial charge in [0.05, 0.1) is 29.8 Å². The Morgan fingerprint density at radius 1 is 0.839 bits per heavy atom. The monoisotopic (exact) mass is 408 g/mol. The number of nitrogens with one attached hydrogen (secondary N) is 1. The van der Waals surface area contributed by atoms with Gasteiger partial charge in [-0.25, -0.2) is 0 Å². The van der Waals surface area contributed by atoms with Crippen LogP contribution in [0.1, 0.15) is 25.5 Å². The van der Waals surface area contributed by atoms with E-state index in [9.17, 15) is 4.79 Å². The molecule has 1 unspecified atom stereocenters. The van der Waals surface area contributed by atoms with Crippen LogP contribution >= 0.6 is 0 Å². The third kappa shape index (κ3) is 4.61. The molecule has 5 nitrogen and oxygen atoms in total. The zero-order valence-corrected chi connectivity index (χ0v) is 17.6. The highest BCUT2D eigenvalue weighted by Crippen LogP contribution is 2.38. The lowest BCUT2D eigenvalue weighted by Crippen LogP contribution is -2.22. The number of hydrogen-bond donors (Lipinski definition) is 1. The summed E-state index contributed by atoms with van der Waals surface area (Å²) >= 11 is 0. The van der Waals surface area contributed by atoms with E-state index >= 15 is 0 Å². The Bertz CT molecular complexity index is 1110. The minimum Gasteiger partial charge on any atom is -0.332 e. The summed E-state index contributed by atoms with van der Waals surface area (Å²) in [5.74, 6) is -0.0784. The third-order valence-electron chi connectivity index (χ3n) is 5.16. The van der Waals surface area contributed by atoms with E-state index in [2.05, 4.69) is 57.4 Å². The van der Waals surface area contributed by atoms with Gasteiger partial charge in [0.1, 0.15) is 0 Å². The predicted molar refractivity (Wildman–Crippen MR) is 125 cm³/mol. The molecule has 4 aromatic rings. The van der Waals surface area contributed by atoms with E-state index in [0.717, 1.165) is 28.2 Å². The molecule has 1 amide bonds. The Morgan fingerprint density at radius 2 is 1.45 bits per heavy atom. The Balaban J connectivity index is 1.75. The summed E-state index contributed by atoms with van der Waals surface area (Å²) in [4.78, 5) is 22.2. The van der Waals surface area contributed by atoms with Crippen molar-refractivity contribution in [2.75, 3.05) is 10.2 Å². The second-order valence-corrected chi connectivity index (χ2v) is 7.31. The van der Waals surface area contributed by atoms with Crippen LogP contribution in [0.4, 0.5) is 17.1 Å². The predicted octanol–water partition coefficient (Wildman–Crippen LogP) is 6.00. The molecule has 0 bridgehead atoms. The van der Waals surface area contributed by atoms with Crippen LogP contribution in [0.5, 0.6) is 0 Å². The molecule has 4 rings (SSSR count). The highest BCUT2D eigenvalue weighted by Gasteiger charge is 2.21. The number of carbonyl (C=O) groups excluding carboxylic acids is 1. The summed E-state index contributed by atoms with van der Waals surface area (Å²) in [6.07, 6.45) is 7.29. The first-order valence-corrected chi connectivity index (χ1v) is 10.2. The summed E-state index contributed by atoms with van der Waals surface area (Å²) < 4.78 is 0. The van der Waals surface area contributed by atoms with Gasteiger partial charge in [-0.1, -0.05) is 36.4 Å². The van der Waals surface area contributed by atoms with Gasteiger partial charge in [-0.05, 0) is 60.0 Å². The van der Waals surface area contributed by atoms with Crippen LogP contribution in [-0.4, -0.2) is 15.9 Å². The van der Waals surface area contributed by atoms with Crippen molar-refractivity contribution in [2.24, 2.45) is 0 Å². The lowest BCUT2D eigenvalue weighted by atomic mass is 9.94. The molecule has 0 aliphatic rings. The molecular formula is C26H24N4O. The van der Waals surface area contributed by atoms with Crippen molar-refractivity contribution in [3.63, 3.8) is 0 Å². The fourth-order valence-corrected chi connectivity index (χ4v) is 3.79. The van der Waals surface area contributed by atoms with E-state index < -0.39 is 0 Å². The molecule has 1 N–H and O–H groups in total. The second kappa shape index (κ2) is 9.22. The molecule has 2 aromatic heterocycles. The van der Waals surface area contributed by atoms with Gasteiger partial charge in [0, 0.05) is 25.0 Å². The summed E-state index contributed by atoms with van der Waals surface area (Å²) in [6.45, 7) is 3.70. The molecular weight excluding hydrogens is 384 g/mol. The minimum absolute atomic E-state index is 0.0274. The van der Waals surface area contributed by atoms with Crippen molar-refractivity contribution in [3.05, 3.63) is 103 Å². The molecule has 1 atom stereocenters. The molecule has 0 aliphatic heterocycles. The Morgan fingerprint density at radius 3 is 2.00 bits per heavy atom. The van der Waals surface area contributed by atoms with Gasteiger partial charge in [-0.2, -0.15) is 0 Å². The first-order chi connectivity index (χ1) is 15.1. The molecule has 0 saturated heterocycles. The van der Waals surface area contributed by atoms with Crippen LogP contribution in [0.25, 0.3) is 11.1 Å². The van der Waals surface area contributed by atoms with Crippen LogP contribution in [0.2, 0.25) is 0 Å². The van der Waals surface area contributed by atoms with Crippen molar-refractivity contribution in [1.82, 2.24) is 9.97 Å². The average molecular weight is 409 g/mol. The number of pyridine rings is 2. The molecule has 0 aliphatic carbocycles. The molecule has 2 heterocycles. The summed E-state index contributed by atoms with van der Waals surface area (Å²) in [5.41, 5.74) is 6.20. The first kappa shape index (κ1) is 20.3. The maximum absolute atomic E-state index is 11.3. The molecule has 0 saturated carbocycles. The quantitative estimate of drug-likeness (QED) is 0.425. The molecule has 0 spiro atoms. The van der Waals surface area contributed by atoms with Gasteiger partial charge in [0.15, 0.2) is 0 Å². The SMILES string of the molecule is CC(=O)Nc1ccc(-c2ccccc2C(C)N(c2cccnc2)c2cccnc2)cc1. The molecule has 31 heavy (non-hydrogen) atoms. The average Bonchev–Trinajstić information content (AvgIpc) is 2.81. The topological polar surface area (TPSA) is 58.1 Å². The lowest BCUT2D eigenvalue weighted by Gasteiger charge is -2.32. The Labute approximate surface area is 182 Å². The van der Waals surface area contributed by atoms with Crippen LogP contribution < -0.4 is 10.2 Å². The number of benzene rings is 2. The van der Waals surface area contributed by atoms with E-state index in [-0.39, 0.29) is 11.9 Å². The molecule has 0 radical (unpaired) electrons. The number of rotatable bonds is 6. The largest absolute Gasteiger partial charge is 0.332 e. The third-order valence-corrected chi connectivity index (χ3v) is 5.16. The van der Waals surface area contributed by atoms with Gasteiger partial charge in [0.25, 0.3) is 0 Å². The van der Waals surface area contributed by atoms with Gasteiger partial charge in [-0.15, -0.1) is 0 Å². The van der Waals surface area contributed by atoms with Gasteiger partial charge >= 0.3 is 0 Å². The fraction of sp³-hybridized carbons (Fsp3) is 0.115. The van der Waals surface area contributed by atoms with Crippen LogP contribution in [0, 0.1) is 0 Å². The molecule has 0 fully saturated rings. The van der Waals surface area contributed by atoms with E-state index in [0.29, 0.717) is 0 Å². The van der Waals surface area contributed by atoms with E-state index in [4.69, 9.17) is 0 Å². The van der Waals surface area contributed by atoms with Crippen molar-refractivity contribution >= 4 is 23.0 Å². The summed E-state index contributed by atoms with van der Waals surface area (Å²) in [6, 6.07) is 24.3. The number of nitrogens with zero attached hydrogens (tertiary/aromatic N) is 3. The first-order valence-electron chi connectivity index (χ1n) is 10.2. The summed E-state index contributed by atoms with van der Waals surface area (Å²) in [7, 11) is 0. The number of carbonyl (C=O) groups is 1. The molecule has 5 heteroatoms. The lowest BCUT2D eigenvalue weighted by molar-refractivity contribution is -0.114. The highest BCUT2D eigenvalue weighted by atomic mass is 16.1. The standard InChI is InChI=1S/C26H24N4O/c1-19(30(23-7-5-15-27-17-23)24-8-6-16-28-18-24)25-9-3-4-10-26(25)21-11-13-22(14-12-21)29-20(2)31/h3-19H,1-2H3,(H,29,31). The number of anilines is 3. The zero-order valence-electron chi connectivity index (χ0n) is 17.6. The van der Waals surface area contributed by atoms with Gasteiger partial charge in [0.2, 0.25) is 5.91 Å². The van der Waals surface area contributed by atoms with Gasteiger partial charge < -0.3 is 10.2 Å². The maximum atomic E-state index is 11.3. The van der Waals surface area contributed by atoms with Crippen LogP contribution in [-0.2, 0) is 4.79 Å². The minimum atomic E-state index is -0.0784. The number of hydrogen-bond acceptors (Lipinski definition) is 4. The van der Waals surface area contributed by atoms with Crippen molar-refractivity contribution < 1.29 is 4.79 Å². The number of amides is 1.